The molecule has 0 aromatic carbocycles. The second-order valence-electron chi connectivity index (χ2n) is 14.8. The van der Waals surface area contributed by atoms with Crippen molar-refractivity contribution in [2.75, 3.05) is 33.2 Å². The maximum Gasteiger partial charge on any atom is 0.237 e. The number of likely N-dealkylation sites (N-methyl/N-ethyl adjacent to an activating group) is 1. The van der Waals surface area contributed by atoms with Crippen LogP contribution >= 0.6 is 0 Å². The van der Waals surface area contributed by atoms with E-state index in [2.05, 4.69) is 10.6 Å². The molecule has 1 rings (SSSR count). The molecule has 49 heavy (non-hydrogen) atoms. The highest BCUT2D eigenvalue weighted by Gasteiger charge is 2.35. The summed E-state index contributed by atoms with van der Waals surface area (Å²) in [6.07, 6.45) is 2.56. The summed E-state index contributed by atoms with van der Waals surface area (Å²) >= 11 is 0. The zero-order valence-corrected chi connectivity index (χ0v) is 31.4. The third kappa shape index (κ3) is 15.9. The van der Waals surface area contributed by atoms with Gasteiger partial charge in [0, 0.05) is 44.1 Å². The van der Waals surface area contributed by atoms with Crippen LogP contribution in [0.4, 0.5) is 0 Å². The van der Waals surface area contributed by atoms with Crippen molar-refractivity contribution in [3.8, 4) is 0 Å². The van der Waals surface area contributed by atoms with Crippen molar-refractivity contribution in [2.45, 2.75) is 125 Å². The second-order valence-corrected chi connectivity index (χ2v) is 14.8. The van der Waals surface area contributed by atoms with Crippen molar-refractivity contribution in [1.29, 1.82) is 0 Å². The third-order valence-electron chi connectivity index (χ3n) is 9.39. The standard InChI is InChI=1S/C37H62N4O8/c1-10-25(6)29(37(49)38-20-26(7)42)19-34(46)30(18-23(2)3)39-35(47)16-15-32(44)28(24(4)5)13-14-33(45)31-12-11-17-41(31)36(48)22-40(9)21-27(8)43/h23-25,28-31H,10-22H2,1-9H3,(H,38,49)(H,39,47). The van der Waals surface area contributed by atoms with Crippen molar-refractivity contribution in [1.82, 2.24) is 20.4 Å². The van der Waals surface area contributed by atoms with Gasteiger partial charge in [0.2, 0.25) is 17.7 Å². The van der Waals surface area contributed by atoms with Crippen LogP contribution in [0.15, 0.2) is 0 Å². The number of amides is 3. The normalized spacial score (nSPS) is 17.1. The average Bonchev–Trinajstić information content (AvgIpc) is 3.50. The smallest absolute Gasteiger partial charge is 0.237 e. The molecule has 5 atom stereocenters. The quantitative estimate of drug-likeness (QED) is 0.154. The van der Waals surface area contributed by atoms with Crippen LogP contribution in [0.3, 0.4) is 0 Å². The van der Waals surface area contributed by atoms with Gasteiger partial charge in [-0.05, 0) is 64.3 Å². The lowest BCUT2D eigenvalue weighted by atomic mass is 9.83. The third-order valence-corrected chi connectivity index (χ3v) is 9.39. The predicted octanol–water partition coefficient (Wildman–Crippen LogP) is 3.33. The Morgan fingerprint density at radius 2 is 1.49 bits per heavy atom. The summed E-state index contributed by atoms with van der Waals surface area (Å²) in [5.74, 6) is -2.87. The van der Waals surface area contributed by atoms with Gasteiger partial charge < -0.3 is 15.5 Å². The molecule has 0 aromatic heterocycles. The van der Waals surface area contributed by atoms with Crippen molar-refractivity contribution in [3.05, 3.63) is 0 Å². The first kappa shape index (κ1) is 43.7. The van der Waals surface area contributed by atoms with E-state index in [1.165, 1.54) is 13.8 Å². The van der Waals surface area contributed by atoms with Gasteiger partial charge in [-0.2, -0.15) is 0 Å². The van der Waals surface area contributed by atoms with Crippen molar-refractivity contribution < 1.29 is 38.4 Å². The van der Waals surface area contributed by atoms with E-state index < -0.39 is 29.8 Å². The molecule has 5 unspecified atom stereocenters. The number of carbonyl (C=O) groups is 8. The van der Waals surface area contributed by atoms with Gasteiger partial charge in [0.15, 0.2) is 11.6 Å². The summed E-state index contributed by atoms with van der Waals surface area (Å²) in [7, 11) is 1.69. The largest absolute Gasteiger partial charge is 0.349 e. The topological polar surface area (TPSA) is 167 Å². The predicted molar refractivity (Wildman–Crippen MR) is 187 cm³/mol. The Morgan fingerprint density at radius 1 is 0.837 bits per heavy atom. The number of likely N-dealkylation sites (tertiary alicyclic amines) is 1. The van der Waals surface area contributed by atoms with Crippen LogP contribution < -0.4 is 10.6 Å². The van der Waals surface area contributed by atoms with E-state index in [-0.39, 0.29) is 104 Å². The van der Waals surface area contributed by atoms with Gasteiger partial charge in [-0.25, -0.2) is 0 Å². The lowest BCUT2D eigenvalue weighted by Crippen LogP contribution is -2.45. The van der Waals surface area contributed by atoms with E-state index >= 15 is 0 Å². The Balaban J connectivity index is 2.82. The number of nitrogens with zero attached hydrogens (tertiary/aromatic N) is 2. The fourth-order valence-corrected chi connectivity index (χ4v) is 6.46. The second kappa shape index (κ2) is 21.7. The summed E-state index contributed by atoms with van der Waals surface area (Å²) in [4.78, 5) is 105. The Morgan fingerprint density at radius 3 is 2.04 bits per heavy atom. The van der Waals surface area contributed by atoms with Gasteiger partial charge in [0.25, 0.3) is 0 Å². The molecule has 2 N–H and O–H groups in total. The maximum absolute atomic E-state index is 13.4. The van der Waals surface area contributed by atoms with E-state index in [1.807, 2.05) is 41.5 Å². The molecule has 1 aliphatic rings. The van der Waals surface area contributed by atoms with E-state index in [1.54, 1.807) is 16.8 Å². The lowest BCUT2D eigenvalue weighted by Gasteiger charge is -2.27. The van der Waals surface area contributed by atoms with Crippen LogP contribution in [0.2, 0.25) is 0 Å². The van der Waals surface area contributed by atoms with E-state index in [9.17, 15) is 38.4 Å². The molecule has 0 aromatic rings. The van der Waals surface area contributed by atoms with Crippen molar-refractivity contribution >= 4 is 46.6 Å². The number of rotatable bonds is 24. The Kier molecular flexibility index (Phi) is 19.4. The highest BCUT2D eigenvalue weighted by molar-refractivity contribution is 5.95. The fourth-order valence-electron chi connectivity index (χ4n) is 6.46. The fraction of sp³-hybridized carbons (Fsp3) is 0.784. The van der Waals surface area contributed by atoms with Crippen LogP contribution in [-0.4, -0.2) is 102 Å². The molecule has 0 bridgehead atoms. The van der Waals surface area contributed by atoms with Crippen LogP contribution in [0.25, 0.3) is 0 Å². The van der Waals surface area contributed by atoms with E-state index in [4.69, 9.17) is 0 Å². The monoisotopic (exact) mass is 690 g/mol. The van der Waals surface area contributed by atoms with Crippen LogP contribution in [0, 0.1) is 29.6 Å². The highest BCUT2D eigenvalue weighted by atomic mass is 16.2. The van der Waals surface area contributed by atoms with Crippen molar-refractivity contribution in [3.63, 3.8) is 0 Å². The SMILES string of the molecule is CCC(C)C(CC(=O)C(CC(C)C)NC(=O)CCC(=O)C(CCC(=O)C1CCCN1C(=O)CN(C)CC(C)=O)C(C)C)C(=O)NCC(C)=O. The molecule has 1 fully saturated rings. The molecular formula is C37H62N4O8. The highest BCUT2D eigenvalue weighted by Crippen LogP contribution is 2.26. The number of Topliss-reactive ketones (excluding diaryl/α,β-unsaturated/α-hetero) is 5. The first-order valence-electron chi connectivity index (χ1n) is 18.0. The summed E-state index contributed by atoms with van der Waals surface area (Å²) in [6.45, 7) is 14.9. The van der Waals surface area contributed by atoms with E-state index in [0.717, 1.165) is 0 Å². The lowest BCUT2D eigenvalue weighted by molar-refractivity contribution is -0.139. The summed E-state index contributed by atoms with van der Waals surface area (Å²) < 4.78 is 0. The molecule has 3 amide bonds. The number of ketones is 5. The molecule has 278 valence electrons. The molecule has 1 heterocycles. The van der Waals surface area contributed by atoms with Gasteiger partial charge in [-0.1, -0.05) is 48.0 Å². The number of hydrogen-bond donors (Lipinski definition) is 2. The zero-order valence-electron chi connectivity index (χ0n) is 31.4. The van der Waals surface area contributed by atoms with Gasteiger partial charge in [0.05, 0.1) is 31.7 Å². The number of carbonyl (C=O) groups excluding carboxylic acids is 8. The van der Waals surface area contributed by atoms with Gasteiger partial charge in [-0.3, -0.25) is 43.3 Å². The molecule has 1 saturated heterocycles. The summed E-state index contributed by atoms with van der Waals surface area (Å²) in [6, 6.07) is -1.35. The average molecular weight is 691 g/mol. The van der Waals surface area contributed by atoms with Gasteiger partial charge in [0.1, 0.15) is 17.3 Å². The maximum atomic E-state index is 13.4. The van der Waals surface area contributed by atoms with Crippen LogP contribution in [0.1, 0.15) is 113 Å². The molecule has 12 nitrogen and oxygen atoms in total. The molecule has 0 saturated carbocycles. The Hall–Kier alpha value is -3.28. The minimum Gasteiger partial charge on any atom is -0.349 e. The molecule has 0 aliphatic carbocycles. The van der Waals surface area contributed by atoms with Crippen molar-refractivity contribution in [2.24, 2.45) is 29.6 Å². The molecule has 12 heteroatoms. The molecule has 1 aliphatic heterocycles. The number of nitrogens with one attached hydrogen (secondary N) is 2. The molecular weight excluding hydrogens is 628 g/mol. The molecule has 0 radical (unpaired) electrons. The first-order chi connectivity index (χ1) is 22.9. The minimum atomic E-state index is -0.812. The summed E-state index contributed by atoms with van der Waals surface area (Å²) in [5, 5.41) is 5.42. The van der Waals surface area contributed by atoms with E-state index in [0.29, 0.717) is 38.6 Å². The Labute approximate surface area is 293 Å². The minimum absolute atomic E-state index is 0.0368. The van der Waals surface area contributed by atoms with Crippen LogP contribution in [0.5, 0.6) is 0 Å². The van der Waals surface area contributed by atoms with Crippen LogP contribution in [-0.2, 0) is 38.4 Å². The molecule has 0 spiro atoms. The first-order valence-corrected chi connectivity index (χ1v) is 18.0. The summed E-state index contributed by atoms with van der Waals surface area (Å²) in [5.41, 5.74) is 0. The Bertz CT molecular complexity index is 1180. The zero-order chi connectivity index (χ0) is 37.4. The van der Waals surface area contributed by atoms with Gasteiger partial charge >= 0.3 is 0 Å². The number of hydrogen-bond acceptors (Lipinski definition) is 9. The van der Waals surface area contributed by atoms with Gasteiger partial charge in [-0.15, -0.1) is 0 Å².